The number of aromatic nitrogens is 4. The van der Waals surface area contributed by atoms with Gasteiger partial charge >= 0.3 is 5.70 Å². The third kappa shape index (κ3) is 4.64. The van der Waals surface area contributed by atoms with Gasteiger partial charge in [0.25, 0.3) is 0 Å². The average Bonchev–Trinajstić information content (AvgIpc) is 3.65. The summed E-state index contributed by atoms with van der Waals surface area (Å²) < 4.78 is 2.40. The Morgan fingerprint density at radius 1 is 0.650 bits per heavy atom. The fourth-order valence-electron chi connectivity index (χ4n) is 4.72. The number of hydrogen-bond acceptors (Lipinski definition) is 4. The number of rotatable bonds is 6. The molecule has 0 saturated carbocycles. The minimum atomic E-state index is -0.639. The molecule has 0 bridgehead atoms. The summed E-state index contributed by atoms with van der Waals surface area (Å²) in [5.41, 5.74) is 2.17. The number of fused-ring (bicyclic) bond motifs is 2. The number of nitro groups is 1. The van der Waals surface area contributed by atoms with Gasteiger partial charge in [-0.1, -0.05) is 108 Å². The van der Waals surface area contributed by atoms with E-state index in [0.717, 1.165) is 32.7 Å². The smallest absolute Gasteiger partial charge is 0.258 e. The van der Waals surface area contributed by atoms with E-state index in [1.54, 1.807) is 24.5 Å². The maximum Gasteiger partial charge on any atom is 0.334 e. The molecule has 0 atom stereocenters. The molecule has 0 saturated heterocycles. The molecule has 4 aromatic carbocycles. The van der Waals surface area contributed by atoms with E-state index in [1.165, 1.54) is 9.36 Å². The van der Waals surface area contributed by atoms with Crippen molar-refractivity contribution in [2.75, 3.05) is 0 Å². The maximum atomic E-state index is 12.6. The van der Waals surface area contributed by atoms with Crippen molar-refractivity contribution >= 4 is 56.3 Å². The SMILES string of the molecule is O=[N+]([O-])C(C(Cl)=C(Cl)Cl)=C(n1nccc1-c1ccc2ccccc2c1)n1nccc1-c1ccc2ccccc2c1. The minimum absolute atomic E-state index is 0.0462. The molecule has 10 heteroatoms. The Hall–Kier alpha value is -4.43. The van der Waals surface area contributed by atoms with Crippen LogP contribution >= 0.6 is 34.8 Å². The summed E-state index contributed by atoms with van der Waals surface area (Å²) in [7, 11) is 0. The summed E-state index contributed by atoms with van der Waals surface area (Å²) in [6.07, 6.45) is 3.11. The van der Waals surface area contributed by atoms with Gasteiger partial charge in [0.2, 0.25) is 5.82 Å². The van der Waals surface area contributed by atoms with E-state index in [1.807, 2.05) is 84.9 Å². The Labute approximate surface area is 243 Å². The lowest BCUT2D eigenvalue weighted by atomic mass is 10.0. The van der Waals surface area contributed by atoms with Crippen molar-refractivity contribution in [3.05, 3.63) is 141 Å². The van der Waals surface area contributed by atoms with Crippen LogP contribution in [0.4, 0.5) is 0 Å². The van der Waals surface area contributed by atoms with Crippen LogP contribution < -0.4 is 0 Å². The van der Waals surface area contributed by atoms with Crippen LogP contribution in [0.15, 0.2) is 125 Å². The second-order valence-corrected chi connectivity index (χ2v) is 10.2. The van der Waals surface area contributed by atoms with Gasteiger partial charge in [0.15, 0.2) is 5.03 Å². The number of allylic oxidation sites excluding steroid dienone is 1. The Balaban J connectivity index is 1.63. The van der Waals surface area contributed by atoms with Crippen LogP contribution in [0, 0.1) is 15.9 Å². The summed E-state index contributed by atoms with van der Waals surface area (Å²) in [5.74, 6) is -0.0462. The Morgan fingerprint density at radius 2 is 1.10 bits per heavy atom. The lowest BCUT2D eigenvalue weighted by molar-refractivity contribution is -0.422. The average molecular weight is 587 g/mol. The predicted octanol–water partition coefficient (Wildman–Crippen LogP) is 8.37. The molecule has 6 aromatic rings. The van der Waals surface area contributed by atoms with Gasteiger partial charge in [-0.05, 0) is 45.8 Å². The molecule has 0 spiro atoms. The van der Waals surface area contributed by atoms with E-state index in [4.69, 9.17) is 34.8 Å². The molecule has 0 aliphatic carbocycles. The van der Waals surface area contributed by atoms with Gasteiger partial charge in [-0.3, -0.25) is 10.1 Å². The van der Waals surface area contributed by atoms with Crippen molar-refractivity contribution in [1.82, 2.24) is 19.6 Å². The van der Waals surface area contributed by atoms with E-state index in [-0.39, 0.29) is 5.82 Å². The molecule has 2 heterocycles. The largest absolute Gasteiger partial charge is 0.334 e. The molecule has 40 heavy (non-hydrogen) atoms. The number of benzene rings is 4. The number of hydrogen-bond donors (Lipinski definition) is 0. The lowest BCUT2D eigenvalue weighted by Crippen LogP contribution is -2.22. The lowest BCUT2D eigenvalue weighted by Gasteiger charge is -2.16. The van der Waals surface area contributed by atoms with E-state index in [0.29, 0.717) is 11.4 Å². The molecular weight excluding hydrogens is 569 g/mol. The van der Waals surface area contributed by atoms with Crippen molar-refractivity contribution < 1.29 is 4.92 Å². The van der Waals surface area contributed by atoms with Gasteiger partial charge in [0, 0.05) is 11.1 Å². The minimum Gasteiger partial charge on any atom is -0.258 e. The first-order valence-corrected chi connectivity index (χ1v) is 13.2. The number of halogens is 3. The van der Waals surface area contributed by atoms with Crippen molar-refractivity contribution in [3.8, 4) is 22.5 Å². The highest BCUT2D eigenvalue weighted by Crippen LogP contribution is 2.33. The Bertz CT molecular complexity index is 1870. The van der Waals surface area contributed by atoms with E-state index in [9.17, 15) is 10.1 Å². The quantitative estimate of drug-likeness (QED) is 0.112. The molecule has 0 unspecified atom stereocenters. The second-order valence-electron chi connectivity index (χ2n) is 8.88. The van der Waals surface area contributed by atoms with Crippen LogP contribution in [0.5, 0.6) is 0 Å². The van der Waals surface area contributed by atoms with Crippen LogP contribution in [0.1, 0.15) is 0 Å². The van der Waals surface area contributed by atoms with Gasteiger partial charge in [0.05, 0.1) is 28.7 Å². The van der Waals surface area contributed by atoms with Crippen LogP contribution in [0.25, 0.3) is 44.1 Å². The van der Waals surface area contributed by atoms with E-state index in [2.05, 4.69) is 10.2 Å². The highest BCUT2D eigenvalue weighted by molar-refractivity contribution is 6.59. The van der Waals surface area contributed by atoms with Crippen molar-refractivity contribution in [3.63, 3.8) is 0 Å². The molecular formula is C30H18Cl3N5O2. The van der Waals surface area contributed by atoms with Crippen molar-refractivity contribution in [2.45, 2.75) is 0 Å². The van der Waals surface area contributed by atoms with Gasteiger partial charge in [-0.2, -0.15) is 10.2 Å². The highest BCUT2D eigenvalue weighted by Gasteiger charge is 2.31. The molecule has 7 nitrogen and oxygen atoms in total. The molecule has 0 radical (unpaired) electrons. The molecule has 0 aliphatic rings. The van der Waals surface area contributed by atoms with Crippen LogP contribution in [0.2, 0.25) is 0 Å². The zero-order valence-corrected chi connectivity index (χ0v) is 22.8. The van der Waals surface area contributed by atoms with Gasteiger partial charge in [-0.15, -0.1) is 0 Å². The first kappa shape index (κ1) is 25.8. The third-order valence-corrected chi connectivity index (χ3v) is 7.48. The molecule has 0 aliphatic heterocycles. The normalized spacial score (nSPS) is 11.1. The zero-order chi connectivity index (χ0) is 27.8. The predicted molar refractivity (Wildman–Crippen MR) is 159 cm³/mol. The van der Waals surface area contributed by atoms with Crippen LogP contribution in [-0.4, -0.2) is 24.5 Å². The molecule has 0 amide bonds. The van der Waals surface area contributed by atoms with Gasteiger partial charge in [0.1, 0.15) is 4.49 Å². The molecule has 6 rings (SSSR count). The first-order chi connectivity index (χ1) is 19.4. The summed E-state index contributed by atoms with van der Waals surface area (Å²) in [6.45, 7) is 0. The van der Waals surface area contributed by atoms with Crippen LogP contribution in [0.3, 0.4) is 0 Å². The molecule has 2 aromatic heterocycles. The monoisotopic (exact) mass is 585 g/mol. The molecule has 0 fully saturated rings. The van der Waals surface area contributed by atoms with Crippen molar-refractivity contribution in [2.24, 2.45) is 0 Å². The summed E-state index contributed by atoms with van der Waals surface area (Å²) >= 11 is 18.4. The van der Waals surface area contributed by atoms with Gasteiger partial charge < -0.3 is 0 Å². The fraction of sp³-hybridized carbons (Fsp3) is 0. The molecule has 196 valence electrons. The fourth-order valence-corrected chi connectivity index (χ4v) is 5.05. The Morgan fingerprint density at radius 3 is 1.52 bits per heavy atom. The molecule has 0 N–H and O–H groups in total. The highest BCUT2D eigenvalue weighted by atomic mass is 35.5. The summed E-state index contributed by atoms with van der Waals surface area (Å²) in [6, 6.07) is 31.2. The summed E-state index contributed by atoms with van der Waals surface area (Å²) in [4.78, 5) is 11.9. The zero-order valence-electron chi connectivity index (χ0n) is 20.6. The third-order valence-electron chi connectivity index (χ3n) is 6.55. The van der Waals surface area contributed by atoms with Crippen molar-refractivity contribution in [1.29, 1.82) is 0 Å². The summed E-state index contributed by atoms with van der Waals surface area (Å²) in [5, 5.41) is 25.2. The number of nitrogens with zero attached hydrogens (tertiary/aromatic N) is 5. The first-order valence-electron chi connectivity index (χ1n) is 12.1. The van der Waals surface area contributed by atoms with Gasteiger partial charge in [-0.25, -0.2) is 9.36 Å². The second kappa shape index (κ2) is 10.6. The standard InChI is InChI=1S/C30H18Cl3N5O2/c31-27(29(32)33)28(38(39)40)30(36-25(13-15-34-36)23-11-9-19-5-1-3-7-21(19)17-23)37-26(14-16-35-37)24-12-10-20-6-2-4-8-22(20)18-24/h1-18H. The van der Waals surface area contributed by atoms with E-state index >= 15 is 0 Å². The topological polar surface area (TPSA) is 78.8 Å². The van der Waals surface area contributed by atoms with Crippen LogP contribution in [-0.2, 0) is 0 Å². The van der Waals surface area contributed by atoms with E-state index < -0.39 is 20.1 Å². The maximum absolute atomic E-state index is 12.6. The Kier molecular flexibility index (Phi) is 6.86.